The molecule has 1 aliphatic carbocycles. The van der Waals surface area contributed by atoms with Crippen LogP contribution in [-0.2, 0) is 25.4 Å². The fourth-order valence-corrected chi connectivity index (χ4v) is 3.05. The number of benzene rings is 1. The lowest BCUT2D eigenvalue weighted by atomic mass is 9.89. The van der Waals surface area contributed by atoms with Crippen LogP contribution in [0.5, 0.6) is 0 Å². The summed E-state index contributed by atoms with van der Waals surface area (Å²) in [4.78, 5) is 15.8. The Kier molecular flexibility index (Phi) is 4.69. The monoisotopic (exact) mass is 333 g/mol. The highest BCUT2D eigenvalue weighted by molar-refractivity contribution is 5.96. The van der Waals surface area contributed by atoms with Crippen molar-refractivity contribution < 1.29 is 18.0 Å². The number of ketones is 1. The fraction of sp³-hybridized carbons (Fsp3) is 0.368. The molecule has 5 heteroatoms. The Morgan fingerprint density at radius 2 is 1.79 bits per heavy atom. The molecule has 0 saturated heterocycles. The van der Waals surface area contributed by atoms with E-state index < -0.39 is 11.9 Å². The van der Waals surface area contributed by atoms with Gasteiger partial charge in [0.15, 0.2) is 5.78 Å². The smallest absolute Gasteiger partial charge is 0.294 e. The van der Waals surface area contributed by atoms with Crippen LogP contribution in [-0.4, -0.2) is 10.8 Å². The van der Waals surface area contributed by atoms with Gasteiger partial charge in [0.25, 0.3) is 0 Å². The van der Waals surface area contributed by atoms with Gasteiger partial charge >= 0.3 is 6.18 Å². The van der Waals surface area contributed by atoms with Crippen LogP contribution in [0.4, 0.5) is 13.2 Å². The van der Waals surface area contributed by atoms with Crippen molar-refractivity contribution in [2.24, 2.45) is 0 Å². The topological polar surface area (TPSA) is 30.0 Å². The molecule has 0 fully saturated rings. The highest BCUT2D eigenvalue weighted by Gasteiger charge is 2.31. The van der Waals surface area contributed by atoms with Gasteiger partial charge in [0.1, 0.15) is 5.69 Å². The predicted molar refractivity (Wildman–Crippen MR) is 85.0 cm³/mol. The second kappa shape index (κ2) is 6.75. The van der Waals surface area contributed by atoms with E-state index >= 15 is 0 Å². The fourth-order valence-electron chi connectivity index (χ4n) is 3.05. The zero-order chi connectivity index (χ0) is 17.2. The molecule has 1 aromatic carbocycles. The normalized spacial score (nSPS) is 14.3. The summed E-state index contributed by atoms with van der Waals surface area (Å²) in [7, 11) is 0. The minimum Gasteiger partial charge on any atom is -0.294 e. The molecule has 0 bridgehead atoms. The molecular formula is C19H18F3NO. The van der Waals surface area contributed by atoms with E-state index in [4.69, 9.17) is 0 Å². The minimum atomic E-state index is -4.43. The molecule has 3 rings (SSSR count). The van der Waals surface area contributed by atoms with E-state index in [1.54, 1.807) is 0 Å². The molecule has 2 nitrogen and oxygen atoms in total. The van der Waals surface area contributed by atoms with E-state index in [-0.39, 0.29) is 12.2 Å². The van der Waals surface area contributed by atoms with Crippen molar-refractivity contribution in [1.82, 2.24) is 4.98 Å². The standard InChI is InChI=1S/C19H18F3NO/c20-19(21,22)18-10-6-13(12-23-18)5-9-17(24)16-8-7-14-3-1-2-4-15(14)11-16/h6-8,10-12H,1-5,9H2. The maximum absolute atomic E-state index is 12.5. The number of carbonyl (C=O) groups excluding carboxylic acids is 1. The summed E-state index contributed by atoms with van der Waals surface area (Å²) in [6.45, 7) is 0. The zero-order valence-electron chi connectivity index (χ0n) is 13.2. The van der Waals surface area contributed by atoms with E-state index in [1.807, 2.05) is 18.2 Å². The van der Waals surface area contributed by atoms with Gasteiger partial charge in [0.2, 0.25) is 0 Å². The largest absolute Gasteiger partial charge is 0.433 e. The van der Waals surface area contributed by atoms with Gasteiger partial charge in [0, 0.05) is 18.2 Å². The molecule has 0 radical (unpaired) electrons. The predicted octanol–water partition coefficient (Wildman–Crippen LogP) is 4.79. The Morgan fingerprint density at radius 3 is 2.46 bits per heavy atom. The molecule has 126 valence electrons. The first kappa shape index (κ1) is 16.7. The quantitative estimate of drug-likeness (QED) is 0.753. The van der Waals surface area contributed by atoms with E-state index in [0.717, 1.165) is 25.3 Å². The van der Waals surface area contributed by atoms with Crippen molar-refractivity contribution in [3.63, 3.8) is 0 Å². The average molecular weight is 333 g/mol. The van der Waals surface area contributed by atoms with Gasteiger partial charge in [-0.1, -0.05) is 18.2 Å². The molecule has 1 aliphatic rings. The summed E-state index contributed by atoms with van der Waals surface area (Å²) < 4.78 is 37.4. The maximum atomic E-state index is 12.5. The molecule has 2 aromatic rings. The Hall–Kier alpha value is -2.17. The molecule has 1 aromatic heterocycles. The molecular weight excluding hydrogens is 315 g/mol. The number of alkyl halides is 3. The Labute approximate surface area is 138 Å². The molecule has 1 heterocycles. The zero-order valence-corrected chi connectivity index (χ0v) is 13.2. The van der Waals surface area contributed by atoms with Crippen LogP contribution >= 0.6 is 0 Å². The third-order valence-corrected chi connectivity index (χ3v) is 4.43. The van der Waals surface area contributed by atoms with Gasteiger partial charge < -0.3 is 0 Å². The second-order valence-corrected chi connectivity index (χ2v) is 6.16. The van der Waals surface area contributed by atoms with Gasteiger partial charge in [-0.25, -0.2) is 0 Å². The van der Waals surface area contributed by atoms with E-state index in [2.05, 4.69) is 4.98 Å². The van der Waals surface area contributed by atoms with E-state index in [1.165, 1.54) is 29.8 Å². The summed E-state index contributed by atoms with van der Waals surface area (Å²) >= 11 is 0. The third-order valence-electron chi connectivity index (χ3n) is 4.43. The van der Waals surface area contributed by atoms with Crippen LogP contribution < -0.4 is 0 Å². The number of Topliss-reactive ketones (excluding diaryl/α,β-unsaturated/α-hetero) is 1. The first-order valence-electron chi connectivity index (χ1n) is 8.10. The van der Waals surface area contributed by atoms with Gasteiger partial charge in [-0.2, -0.15) is 13.2 Å². The first-order valence-corrected chi connectivity index (χ1v) is 8.10. The maximum Gasteiger partial charge on any atom is 0.433 e. The summed E-state index contributed by atoms with van der Waals surface area (Å²) in [6.07, 6.45) is 1.86. The highest BCUT2D eigenvalue weighted by atomic mass is 19.4. The van der Waals surface area contributed by atoms with Crippen molar-refractivity contribution >= 4 is 5.78 Å². The van der Waals surface area contributed by atoms with Crippen molar-refractivity contribution in [2.45, 2.75) is 44.7 Å². The van der Waals surface area contributed by atoms with Crippen LogP contribution in [0.3, 0.4) is 0 Å². The Bertz CT molecular complexity index is 735. The van der Waals surface area contributed by atoms with Crippen LogP contribution in [0.25, 0.3) is 0 Å². The summed E-state index contributed by atoms with van der Waals surface area (Å²) in [5.74, 6) is 0.0169. The molecule has 0 N–H and O–H groups in total. The van der Waals surface area contributed by atoms with Crippen molar-refractivity contribution in [3.8, 4) is 0 Å². The van der Waals surface area contributed by atoms with Crippen molar-refractivity contribution in [1.29, 1.82) is 0 Å². The molecule has 24 heavy (non-hydrogen) atoms. The second-order valence-electron chi connectivity index (χ2n) is 6.16. The van der Waals surface area contributed by atoms with Gasteiger partial charge in [0.05, 0.1) is 0 Å². The Morgan fingerprint density at radius 1 is 1.04 bits per heavy atom. The lowest BCUT2D eigenvalue weighted by Crippen LogP contribution is -2.09. The number of hydrogen-bond acceptors (Lipinski definition) is 2. The number of halogens is 3. The summed E-state index contributed by atoms with van der Waals surface area (Å²) in [6, 6.07) is 8.20. The van der Waals surface area contributed by atoms with Crippen molar-refractivity contribution in [3.05, 3.63) is 64.5 Å². The van der Waals surface area contributed by atoms with Crippen molar-refractivity contribution in [2.75, 3.05) is 0 Å². The SMILES string of the molecule is O=C(CCc1ccc(C(F)(F)F)nc1)c1ccc2c(c1)CCCC2. The summed E-state index contributed by atoms with van der Waals surface area (Å²) in [5.41, 5.74) is 2.99. The first-order chi connectivity index (χ1) is 11.4. The lowest BCUT2D eigenvalue weighted by Gasteiger charge is -2.16. The van der Waals surface area contributed by atoms with Crippen LogP contribution in [0, 0.1) is 0 Å². The third kappa shape index (κ3) is 3.83. The number of aromatic nitrogens is 1. The highest BCUT2D eigenvalue weighted by Crippen LogP contribution is 2.27. The number of hydrogen-bond donors (Lipinski definition) is 0. The number of rotatable bonds is 4. The Balaban J connectivity index is 1.63. The van der Waals surface area contributed by atoms with E-state index in [9.17, 15) is 18.0 Å². The minimum absolute atomic E-state index is 0.0169. The van der Waals surface area contributed by atoms with Crippen LogP contribution in [0.15, 0.2) is 36.5 Å². The van der Waals surface area contributed by atoms with Crippen LogP contribution in [0.2, 0.25) is 0 Å². The lowest BCUT2D eigenvalue weighted by molar-refractivity contribution is -0.141. The molecule has 0 saturated carbocycles. The number of carbonyl (C=O) groups is 1. The number of aryl methyl sites for hydroxylation is 3. The molecule has 0 unspecified atom stereocenters. The van der Waals surface area contributed by atoms with E-state index in [0.29, 0.717) is 17.5 Å². The number of nitrogens with zero attached hydrogens (tertiary/aromatic N) is 1. The molecule has 0 aliphatic heterocycles. The molecule has 0 spiro atoms. The summed E-state index contributed by atoms with van der Waals surface area (Å²) in [5, 5.41) is 0. The van der Waals surface area contributed by atoms with Crippen LogP contribution in [0.1, 0.15) is 52.0 Å². The van der Waals surface area contributed by atoms with Gasteiger partial charge in [-0.3, -0.25) is 9.78 Å². The molecule has 0 atom stereocenters. The van der Waals surface area contributed by atoms with Gasteiger partial charge in [-0.05, 0) is 60.9 Å². The molecule has 0 amide bonds. The van der Waals surface area contributed by atoms with Gasteiger partial charge in [-0.15, -0.1) is 0 Å². The number of pyridine rings is 1. The average Bonchev–Trinajstić information content (AvgIpc) is 2.59. The number of fused-ring (bicyclic) bond motifs is 1.